The molecule has 1 aromatic heterocycles. The molecule has 0 atom stereocenters. The van der Waals surface area contributed by atoms with Gasteiger partial charge in [0, 0.05) is 50.8 Å². The van der Waals surface area contributed by atoms with Crippen molar-refractivity contribution >= 4 is 11.6 Å². The molecule has 5 heteroatoms. The number of anilines is 2. The smallest absolute Gasteiger partial charge is 0.223 e. The average Bonchev–Trinajstić information content (AvgIpc) is 2.56. The summed E-state index contributed by atoms with van der Waals surface area (Å²) in [6.45, 7) is 1.62. The van der Waals surface area contributed by atoms with Crippen LogP contribution in [0.4, 0.5) is 11.6 Å². The summed E-state index contributed by atoms with van der Waals surface area (Å²) in [5, 5.41) is 3.41. The third-order valence-electron chi connectivity index (χ3n) is 3.89. The number of rotatable bonds is 4. The lowest BCUT2D eigenvalue weighted by Crippen LogP contribution is -2.28. The molecule has 0 spiro atoms. The van der Waals surface area contributed by atoms with Crippen molar-refractivity contribution in [3.8, 4) is 11.3 Å². The SMILES string of the molecule is CN(C)c1ccc(-c2ccnc(NC3CCOCC3)n2)cc1. The molecule has 0 bridgehead atoms. The predicted octanol–water partition coefficient (Wildman–Crippen LogP) is 2.80. The Labute approximate surface area is 131 Å². The summed E-state index contributed by atoms with van der Waals surface area (Å²) >= 11 is 0. The third-order valence-corrected chi connectivity index (χ3v) is 3.89. The molecule has 1 N–H and O–H groups in total. The number of hydrogen-bond donors (Lipinski definition) is 1. The van der Waals surface area contributed by atoms with E-state index in [9.17, 15) is 0 Å². The van der Waals surface area contributed by atoms with E-state index in [0.717, 1.165) is 37.3 Å². The van der Waals surface area contributed by atoms with Gasteiger partial charge in [-0.05, 0) is 31.0 Å². The van der Waals surface area contributed by atoms with Gasteiger partial charge in [-0.3, -0.25) is 0 Å². The van der Waals surface area contributed by atoms with Crippen molar-refractivity contribution in [1.29, 1.82) is 0 Å². The van der Waals surface area contributed by atoms with Crippen molar-refractivity contribution in [3.63, 3.8) is 0 Å². The maximum Gasteiger partial charge on any atom is 0.223 e. The highest BCUT2D eigenvalue weighted by Crippen LogP contribution is 2.22. The molecule has 116 valence electrons. The standard InChI is InChI=1S/C17H22N4O/c1-21(2)15-5-3-13(4-6-15)16-7-10-18-17(20-16)19-14-8-11-22-12-9-14/h3-7,10,14H,8-9,11-12H2,1-2H3,(H,18,19,20). The second kappa shape index (κ2) is 6.75. The quantitative estimate of drug-likeness (QED) is 0.940. The van der Waals surface area contributed by atoms with E-state index in [1.807, 2.05) is 26.4 Å². The predicted molar refractivity (Wildman–Crippen MR) is 89.3 cm³/mol. The maximum atomic E-state index is 5.38. The Hall–Kier alpha value is -2.14. The summed E-state index contributed by atoms with van der Waals surface area (Å²) in [5.41, 5.74) is 3.22. The van der Waals surface area contributed by atoms with Crippen LogP contribution in [0.15, 0.2) is 36.5 Å². The minimum Gasteiger partial charge on any atom is -0.381 e. The van der Waals surface area contributed by atoms with Gasteiger partial charge in [0.2, 0.25) is 5.95 Å². The molecular weight excluding hydrogens is 276 g/mol. The first kappa shape index (κ1) is 14.8. The Balaban J connectivity index is 1.75. The van der Waals surface area contributed by atoms with Gasteiger partial charge in [0.15, 0.2) is 0 Å². The molecule has 0 unspecified atom stereocenters. The van der Waals surface area contributed by atoms with E-state index in [4.69, 9.17) is 4.74 Å². The Morgan fingerprint density at radius 1 is 1.09 bits per heavy atom. The van der Waals surface area contributed by atoms with E-state index in [1.54, 1.807) is 0 Å². The van der Waals surface area contributed by atoms with Crippen LogP contribution in [-0.2, 0) is 4.74 Å². The van der Waals surface area contributed by atoms with Crippen LogP contribution in [0.5, 0.6) is 0 Å². The second-order valence-electron chi connectivity index (χ2n) is 5.74. The molecule has 2 heterocycles. The lowest BCUT2D eigenvalue weighted by Gasteiger charge is -2.23. The molecule has 1 aliphatic heterocycles. The first-order chi connectivity index (χ1) is 10.7. The zero-order valence-electron chi connectivity index (χ0n) is 13.1. The lowest BCUT2D eigenvalue weighted by atomic mass is 10.1. The van der Waals surface area contributed by atoms with Crippen molar-refractivity contribution in [3.05, 3.63) is 36.5 Å². The highest BCUT2D eigenvalue weighted by molar-refractivity contribution is 5.63. The Bertz CT molecular complexity index is 606. The molecule has 1 saturated heterocycles. The van der Waals surface area contributed by atoms with Crippen LogP contribution in [0.25, 0.3) is 11.3 Å². The van der Waals surface area contributed by atoms with Crippen LogP contribution >= 0.6 is 0 Å². The molecule has 2 aromatic rings. The Morgan fingerprint density at radius 3 is 2.50 bits per heavy atom. The van der Waals surface area contributed by atoms with Gasteiger partial charge in [-0.15, -0.1) is 0 Å². The number of hydrogen-bond acceptors (Lipinski definition) is 5. The van der Waals surface area contributed by atoms with Crippen LogP contribution in [0.2, 0.25) is 0 Å². The van der Waals surface area contributed by atoms with Gasteiger partial charge in [-0.1, -0.05) is 12.1 Å². The number of ether oxygens (including phenoxy) is 1. The van der Waals surface area contributed by atoms with Gasteiger partial charge in [0.05, 0.1) is 5.69 Å². The molecule has 3 rings (SSSR count). The van der Waals surface area contributed by atoms with Crippen LogP contribution < -0.4 is 10.2 Å². The first-order valence-electron chi connectivity index (χ1n) is 7.67. The van der Waals surface area contributed by atoms with Crippen molar-refractivity contribution in [2.45, 2.75) is 18.9 Å². The maximum absolute atomic E-state index is 5.38. The number of benzene rings is 1. The van der Waals surface area contributed by atoms with E-state index in [2.05, 4.69) is 44.5 Å². The van der Waals surface area contributed by atoms with Crippen LogP contribution in [-0.4, -0.2) is 43.3 Å². The average molecular weight is 298 g/mol. The summed E-state index contributed by atoms with van der Waals surface area (Å²) in [5.74, 6) is 0.695. The second-order valence-corrected chi connectivity index (χ2v) is 5.74. The van der Waals surface area contributed by atoms with Gasteiger partial charge in [-0.25, -0.2) is 9.97 Å². The van der Waals surface area contributed by atoms with Crippen LogP contribution in [0.3, 0.4) is 0 Å². The van der Waals surface area contributed by atoms with E-state index in [-0.39, 0.29) is 0 Å². The monoisotopic (exact) mass is 298 g/mol. The van der Waals surface area contributed by atoms with Gasteiger partial charge < -0.3 is 15.0 Å². The molecular formula is C17H22N4O. The summed E-state index contributed by atoms with van der Waals surface area (Å²) in [6.07, 6.45) is 3.82. The van der Waals surface area contributed by atoms with Crippen LogP contribution in [0, 0.1) is 0 Å². The van der Waals surface area contributed by atoms with Crippen molar-refractivity contribution < 1.29 is 4.74 Å². The fourth-order valence-corrected chi connectivity index (χ4v) is 2.54. The van der Waals surface area contributed by atoms with E-state index in [1.165, 1.54) is 5.69 Å². The van der Waals surface area contributed by atoms with Gasteiger partial charge >= 0.3 is 0 Å². The molecule has 1 aromatic carbocycles. The molecule has 0 radical (unpaired) electrons. The molecule has 0 aliphatic carbocycles. The minimum atomic E-state index is 0.403. The summed E-state index contributed by atoms with van der Waals surface area (Å²) in [6, 6.07) is 10.7. The Kier molecular flexibility index (Phi) is 4.53. The highest BCUT2D eigenvalue weighted by Gasteiger charge is 2.14. The topological polar surface area (TPSA) is 50.3 Å². The third kappa shape index (κ3) is 3.54. The molecule has 5 nitrogen and oxygen atoms in total. The van der Waals surface area contributed by atoms with Gasteiger partial charge in [-0.2, -0.15) is 0 Å². The summed E-state index contributed by atoms with van der Waals surface area (Å²) in [7, 11) is 4.07. The molecule has 22 heavy (non-hydrogen) atoms. The summed E-state index contributed by atoms with van der Waals surface area (Å²) in [4.78, 5) is 11.1. The Morgan fingerprint density at radius 2 is 1.82 bits per heavy atom. The van der Waals surface area contributed by atoms with Gasteiger partial charge in [0.25, 0.3) is 0 Å². The molecule has 1 fully saturated rings. The van der Waals surface area contributed by atoms with Gasteiger partial charge in [0.1, 0.15) is 0 Å². The van der Waals surface area contributed by atoms with E-state index < -0.39 is 0 Å². The number of aromatic nitrogens is 2. The molecule has 0 saturated carbocycles. The fourth-order valence-electron chi connectivity index (χ4n) is 2.54. The van der Waals surface area contributed by atoms with E-state index >= 15 is 0 Å². The highest BCUT2D eigenvalue weighted by atomic mass is 16.5. The minimum absolute atomic E-state index is 0.403. The van der Waals surface area contributed by atoms with Crippen molar-refractivity contribution in [1.82, 2.24) is 9.97 Å². The zero-order valence-corrected chi connectivity index (χ0v) is 13.1. The lowest BCUT2D eigenvalue weighted by molar-refractivity contribution is 0.0903. The van der Waals surface area contributed by atoms with E-state index in [0.29, 0.717) is 12.0 Å². The number of nitrogens with one attached hydrogen (secondary N) is 1. The first-order valence-corrected chi connectivity index (χ1v) is 7.67. The molecule has 0 amide bonds. The number of nitrogens with zero attached hydrogens (tertiary/aromatic N) is 3. The van der Waals surface area contributed by atoms with Crippen LogP contribution in [0.1, 0.15) is 12.8 Å². The summed E-state index contributed by atoms with van der Waals surface area (Å²) < 4.78 is 5.38. The van der Waals surface area contributed by atoms with Crippen molar-refractivity contribution in [2.75, 3.05) is 37.5 Å². The van der Waals surface area contributed by atoms with Crippen molar-refractivity contribution in [2.24, 2.45) is 0 Å². The normalized spacial score (nSPS) is 15.5. The fraction of sp³-hybridized carbons (Fsp3) is 0.412. The largest absolute Gasteiger partial charge is 0.381 e. The molecule has 1 aliphatic rings. The zero-order chi connectivity index (χ0) is 15.4.